The summed E-state index contributed by atoms with van der Waals surface area (Å²) >= 11 is 0. The number of allylic oxidation sites excluding steroid dienone is 2. The highest BCUT2D eigenvalue weighted by molar-refractivity contribution is 6.45. The molecule has 2 heteroatoms. The van der Waals surface area contributed by atoms with Crippen LogP contribution in [-0.4, -0.2) is 33.7 Å². The van der Waals surface area contributed by atoms with E-state index in [-0.39, 0.29) is 9.52 Å². The molecule has 0 unspecified atom stereocenters. The summed E-state index contributed by atoms with van der Waals surface area (Å²) in [4.78, 5) is 2.64. The first-order valence-electron chi connectivity index (χ1n) is 5.97. The van der Waals surface area contributed by atoms with E-state index in [4.69, 9.17) is 0 Å². The Morgan fingerprint density at radius 1 is 1.00 bits per heavy atom. The molecule has 0 heterocycles. The van der Waals surface area contributed by atoms with Gasteiger partial charge >= 0.3 is 0 Å². The van der Waals surface area contributed by atoms with E-state index >= 15 is 0 Å². The third-order valence-electron chi connectivity index (χ3n) is 2.74. The van der Waals surface area contributed by atoms with E-state index < -0.39 is 0 Å². The van der Waals surface area contributed by atoms with Gasteiger partial charge in [0.15, 0.2) is 0 Å². The Morgan fingerprint density at radius 2 is 1.50 bits per heavy atom. The molecule has 0 rings (SSSR count). The lowest BCUT2D eigenvalue weighted by Crippen LogP contribution is -2.30. The maximum absolute atomic E-state index is 2.64. The van der Waals surface area contributed by atoms with Crippen molar-refractivity contribution in [3.63, 3.8) is 0 Å². The van der Waals surface area contributed by atoms with Gasteiger partial charge in [0.1, 0.15) is 0 Å². The molecule has 0 aliphatic heterocycles. The second-order valence-corrected chi connectivity index (χ2v) is 6.38. The Labute approximate surface area is 92.4 Å². The third-order valence-corrected chi connectivity index (χ3v) is 5.05. The first kappa shape index (κ1) is 13.9. The van der Waals surface area contributed by atoms with Crippen LogP contribution in [0.25, 0.3) is 0 Å². The zero-order valence-electron chi connectivity index (χ0n) is 10.7. The largest absolute Gasteiger partial charge is 0.306 e. The Hall–Kier alpha value is -0.0831. The molecule has 0 amide bonds. The van der Waals surface area contributed by atoms with Crippen LogP contribution in [-0.2, 0) is 0 Å². The smallest absolute Gasteiger partial charge is 0.0648 e. The van der Waals surface area contributed by atoms with Gasteiger partial charge in [0.2, 0.25) is 0 Å². The van der Waals surface area contributed by atoms with E-state index in [2.05, 4.69) is 39.5 Å². The number of hydrogen-bond donors (Lipinski definition) is 0. The maximum atomic E-state index is 2.64. The van der Waals surface area contributed by atoms with Crippen LogP contribution in [0.5, 0.6) is 0 Å². The second kappa shape index (κ2) is 8.24. The average molecular weight is 213 g/mol. The van der Waals surface area contributed by atoms with Crippen molar-refractivity contribution in [2.75, 3.05) is 19.3 Å². The van der Waals surface area contributed by atoms with Gasteiger partial charge in [-0.2, -0.15) is 0 Å². The van der Waals surface area contributed by atoms with Crippen LogP contribution in [0.1, 0.15) is 47.5 Å². The van der Waals surface area contributed by atoms with Gasteiger partial charge in [-0.3, -0.25) is 0 Å². The second-order valence-electron chi connectivity index (χ2n) is 4.37. The number of hydrogen-bond acceptors (Lipinski definition) is 1. The van der Waals surface area contributed by atoms with Crippen LogP contribution in [0.2, 0.25) is 0 Å². The summed E-state index contributed by atoms with van der Waals surface area (Å²) < 4.78 is 0. The molecule has 0 radical (unpaired) electrons. The number of rotatable bonds is 7. The van der Waals surface area contributed by atoms with Gasteiger partial charge in [0.25, 0.3) is 0 Å². The molecular formula is C12H27NSi. The van der Waals surface area contributed by atoms with Crippen molar-refractivity contribution in [1.82, 2.24) is 4.90 Å². The molecule has 0 aromatic carbocycles. The van der Waals surface area contributed by atoms with Gasteiger partial charge in [0.05, 0.1) is 9.52 Å². The van der Waals surface area contributed by atoms with Gasteiger partial charge in [0, 0.05) is 0 Å². The predicted molar refractivity (Wildman–Crippen MR) is 69.6 cm³/mol. The molecule has 0 aromatic rings. The monoisotopic (exact) mass is 213 g/mol. The van der Waals surface area contributed by atoms with E-state index in [0.29, 0.717) is 0 Å². The SMILES string of the molecule is CCCN(CCC)C[SiH2]C(C)=C(C)C. The molecule has 0 fully saturated rings. The van der Waals surface area contributed by atoms with Crippen LogP contribution in [0.3, 0.4) is 0 Å². The minimum Gasteiger partial charge on any atom is -0.306 e. The predicted octanol–water partition coefficient (Wildman–Crippen LogP) is 2.55. The van der Waals surface area contributed by atoms with Gasteiger partial charge in [-0.25, -0.2) is 0 Å². The zero-order valence-corrected chi connectivity index (χ0v) is 12.1. The first-order valence-corrected chi connectivity index (χ1v) is 7.67. The molecule has 0 N–H and O–H groups in total. The molecule has 0 saturated heterocycles. The van der Waals surface area contributed by atoms with E-state index in [1.807, 2.05) is 0 Å². The van der Waals surface area contributed by atoms with Gasteiger partial charge in [-0.1, -0.05) is 24.6 Å². The fourth-order valence-electron chi connectivity index (χ4n) is 1.54. The highest BCUT2D eigenvalue weighted by Gasteiger charge is 2.03. The van der Waals surface area contributed by atoms with Crippen molar-refractivity contribution >= 4 is 9.52 Å². The summed E-state index contributed by atoms with van der Waals surface area (Å²) in [6.45, 7) is 13.9. The normalized spacial score (nSPS) is 11.6. The Balaban J connectivity index is 3.86. The minimum absolute atomic E-state index is 0.00571. The molecule has 1 nitrogen and oxygen atoms in total. The Bertz CT molecular complexity index is 165. The molecular weight excluding hydrogens is 186 g/mol. The van der Waals surface area contributed by atoms with Crippen molar-refractivity contribution in [3.8, 4) is 0 Å². The molecule has 0 saturated carbocycles. The summed E-state index contributed by atoms with van der Waals surface area (Å²) in [5.74, 6) is 0. The summed E-state index contributed by atoms with van der Waals surface area (Å²) in [5, 5.41) is 1.70. The first-order chi connectivity index (χ1) is 6.61. The van der Waals surface area contributed by atoms with E-state index in [1.165, 1.54) is 32.1 Å². The van der Waals surface area contributed by atoms with Gasteiger partial charge < -0.3 is 4.90 Å². The zero-order chi connectivity index (χ0) is 11.0. The third kappa shape index (κ3) is 6.38. The molecule has 14 heavy (non-hydrogen) atoms. The fraction of sp³-hybridized carbons (Fsp3) is 0.833. The van der Waals surface area contributed by atoms with Gasteiger partial charge in [-0.15, -0.1) is 0 Å². The summed E-state index contributed by atoms with van der Waals surface area (Å²) in [7, 11) is 0.00571. The van der Waals surface area contributed by atoms with Crippen molar-refractivity contribution in [2.45, 2.75) is 47.5 Å². The lowest BCUT2D eigenvalue weighted by Gasteiger charge is -2.21. The maximum Gasteiger partial charge on any atom is 0.0648 e. The van der Waals surface area contributed by atoms with Crippen molar-refractivity contribution in [3.05, 3.63) is 10.8 Å². The van der Waals surface area contributed by atoms with Crippen LogP contribution in [0, 0.1) is 0 Å². The van der Waals surface area contributed by atoms with E-state index in [1.54, 1.807) is 10.8 Å². The average Bonchev–Trinajstić information content (AvgIpc) is 2.14. The van der Waals surface area contributed by atoms with Crippen molar-refractivity contribution in [2.24, 2.45) is 0 Å². The summed E-state index contributed by atoms with van der Waals surface area (Å²) in [6, 6.07) is 0. The van der Waals surface area contributed by atoms with Crippen LogP contribution < -0.4 is 0 Å². The number of nitrogens with zero attached hydrogens (tertiary/aromatic N) is 1. The molecule has 0 aliphatic rings. The van der Waals surface area contributed by atoms with E-state index in [9.17, 15) is 0 Å². The summed E-state index contributed by atoms with van der Waals surface area (Å²) in [5.41, 5.74) is 1.55. The van der Waals surface area contributed by atoms with Crippen molar-refractivity contribution < 1.29 is 0 Å². The Kier molecular flexibility index (Phi) is 8.19. The summed E-state index contributed by atoms with van der Waals surface area (Å²) in [6.07, 6.45) is 3.96. The topological polar surface area (TPSA) is 3.24 Å². The lowest BCUT2D eigenvalue weighted by atomic mass is 10.3. The quantitative estimate of drug-likeness (QED) is 0.588. The highest BCUT2D eigenvalue weighted by atomic mass is 28.2. The lowest BCUT2D eigenvalue weighted by molar-refractivity contribution is 0.317. The molecule has 0 atom stereocenters. The van der Waals surface area contributed by atoms with E-state index in [0.717, 1.165) is 0 Å². The van der Waals surface area contributed by atoms with Crippen molar-refractivity contribution in [1.29, 1.82) is 0 Å². The van der Waals surface area contributed by atoms with Gasteiger partial charge in [-0.05, 0) is 52.9 Å². The molecule has 0 spiro atoms. The van der Waals surface area contributed by atoms with Crippen LogP contribution in [0.15, 0.2) is 10.8 Å². The minimum atomic E-state index is 0.00571. The molecule has 0 aromatic heterocycles. The molecule has 84 valence electrons. The standard InChI is InChI=1S/C12H27NSi/c1-6-8-13(9-7-2)10-14-12(5)11(3)4/h6-10,14H2,1-5H3. The van der Waals surface area contributed by atoms with Crippen LogP contribution in [0.4, 0.5) is 0 Å². The highest BCUT2D eigenvalue weighted by Crippen LogP contribution is 2.01. The van der Waals surface area contributed by atoms with Crippen LogP contribution >= 0.6 is 0 Å². The Morgan fingerprint density at radius 3 is 1.86 bits per heavy atom. The fourth-order valence-corrected chi connectivity index (χ4v) is 3.14. The molecule has 0 bridgehead atoms. The molecule has 0 aliphatic carbocycles.